The van der Waals surface area contributed by atoms with Crippen LogP contribution in [0, 0.1) is 11.5 Å². The van der Waals surface area contributed by atoms with Crippen molar-refractivity contribution in [2.45, 2.75) is 13.3 Å². The Morgan fingerprint density at radius 2 is 2.50 bits per heavy atom. The Kier molecular flexibility index (Phi) is 5.30. The van der Waals surface area contributed by atoms with Gasteiger partial charge in [0.05, 0.1) is 0 Å². The maximum atomic E-state index is 7.98. The fourth-order valence-electron chi connectivity index (χ4n) is 0.378. The molecule has 0 unspecified atom stereocenters. The second kappa shape index (κ2) is 6.03. The van der Waals surface area contributed by atoms with Crippen LogP contribution < -0.4 is 5.32 Å². The molecule has 0 fully saturated rings. The zero-order chi connectivity index (χ0) is 6.24. The van der Waals surface area contributed by atoms with E-state index in [1.807, 2.05) is 25.3 Å². The lowest BCUT2D eigenvalue weighted by atomic mass is 10.4. The Labute approximate surface area is 49.8 Å². The molecule has 0 aliphatic carbocycles. The van der Waals surface area contributed by atoms with E-state index >= 15 is 0 Å². The predicted molar refractivity (Wildman–Crippen MR) is 33.0 cm³/mol. The minimum absolute atomic E-state index is 0.751. The van der Waals surface area contributed by atoms with E-state index in [2.05, 4.69) is 5.32 Å². The summed E-state index contributed by atoms with van der Waals surface area (Å²) in [6.07, 6.45) is 6.77. The lowest BCUT2D eigenvalue weighted by molar-refractivity contribution is 0.863. The standard InChI is InChI=1S/C6H10N2/c1-2-3-4-5-8-6-7/h2-3,8H,4-5H2,1H3/b3-2+. The van der Waals surface area contributed by atoms with Crippen molar-refractivity contribution >= 4 is 0 Å². The molecule has 0 aliphatic rings. The molecular weight excluding hydrogens is 100 g/mol. The van der Waals surface area contributed by atoms with E-state index < -0.39 is 0 Å². The minimum atomic E-state index is 0.751. The molecule has 44 valence electrons. The van der Waals surface area contributed by atoms with Gasteiger partial charge in [-0.25, -0.2) is 0 Å². The van der Waals surface area contributed by atoms with Crippen LogP contribution in [-0.2, 0) is 0 Å². The van der Waals surface area contributed by atoms with E-state index in [1.54, 1.807) is 0 Å². The SMILES string of the molecule is C/C=C/CCNC#N. The summed E-state index contributed by atoms with van der Waals surface area (Å²) in [4.78, 5) is 0. The average Bonchev–Trinajstić information content (AvgIpc) is 1.81. The number of allylic oxidation sites excluding steroid dienone is 1. The molecule has 0 aromatic carbocycles. The first kappa shape index (κ1) is 7.03. The first-order valence-electron chi connectivity index (χ1n) is 2.65. The molecule has 0 saturated carbocycles. The molecule has 0 spiro atoms. The van der Waals surface area contributed by atoms with Gasteiger partial charge in [0, 0.05) is 6.54 Å². The lowest BCUT2D eigenvalue weighted by Gasteiger charge is -1.86. The number of nitrogens with one attached hydrogen (secondary N) is 1. The van der Waals surface area contributed by atoms with E-state index in [4.69, 9.17) is 5.26 Å². The molecule has 0 amide bonds. The predicted octanol–water partition coefficient (Wildman–Crippen LogP) is 1.02. The molecule has 1 N–H and O–H groups in total. The van der Waals surface area contributed by atoms with E-state index in [9.17, 15) is 0 Å². The van der Waals surface area contributed by atoms with Gasteiger partial charge in [0.2, 0.25) is 0 Å². The van der Waals surface area contributed by atoms with Crippen molar-refractivity contribution < 1.29 is 0 Å². The Hall–Kier alpha value is -0.970. The Balaban J connectivity index is 2.85. The normalized spacial score (nSPS) is 9.00. The molecule has 2 heteroatoms. The third-order valence-electron chi connectivity index (χ3n) is 0.751. The van der Waals surface area contributed by atoms with Crippen LogP contribution in [0.4, 0.5) is 0 Å². The van der Waals surface area contributed by atoms with Gasteiger partial charge in [-0.2, -0.15) is 5.26 Å². The van der Waals surface area contributed by atoms with Crippen LogP contribution in [0.5, 0.6) is 0 Å². The Bertz CT molecular complexity index is 99.6. The fraction of sp³-hybridized carbons (Fsp3) is 0.500. The van der Waals surface area contributed by atoms with Crippen molar-refractivity contribution in [2.24, 2.45) is 0 Å². The van der Waals surface area contributed by atoms with Crippen LogP contribution in [-0.4, -0.2) is 6.54 Å². The average molecular weight is 110 g/mol. The van der Waals surface area contributed by atoms with Crippen molar-refractivity contribution in [2.75, 3.05) is 6.54 Å². The van der Waals surface area contributed by atoms with Crippen molar-refractivity contribution in [1.29, 1.82) is 5.26 Å². The van der Waals surface area contributed by atoms with Gasteiger partial charge in [0.25, 0.3) is 0 Å². The maximum absolute atomic E-state index is 7.98. The largest absolute Gasteiger partial charge is 0.324 e. The highest BCUT2D eigenvalue weighted by Gasteiger charge is 1.74. The topological polar surface area (TPSA) is 35.8 Å². The summed E-state index contributed by atoms with van der Waals surface area (Å²) in [5.41, 5.74) is 0. The summed E-state index contributed by atoms with van der Waals surface area (Å²) in [6.45, 7) is 2.72. The highest BCUT2D eigenvalue weighted by Crippen LogP contribution is 1.76. The van der Waals surface area contributed by atoms with Gasteiger partial charge in [-0.05, 0) is 13.3 Å². The summed E-state index contributed by atoms with van der Waals surface area (Å²) in [6, 6.07) is 0. The molecule has 0 aromatic heterocycles. The van der Waals surface area contributed by atoms with Crippen LogP contribution in [0.1, 0.15) is 13.3 Å². The maximum Gasteiger partial charge on any atom is 0.176 e. The summed E-state index contributed by atoms with van der Waals surface area (Å²) < 4.78 is 0. The lowest BCUT2D eigenvalue weighted by Crippen LogP contribution is -2.04. The molecule has 0 aromatic rings. The van der Waals surface area contributed by atoms with Gasteiger partial charge in [-0.15, -0.1) is 0 Å². The van der Waals surface area contributed by atoms with Crippen LogP contribution in [0.2, 0.25) is 0 Å². The van der Waals surface area contributed by atoms with Crippen molar-refractivity contribution in [3.63, 3.8) is 0 Å². The summed E-state index contributed by atoms with van der Waals surface area (Å²) >= 11 is 0. The van der Waals surface area contributed by atoms with Gasteiger partial charge in [0.15, 0.2) is 6.19 Å². The number of rotatable bonds is 3. The first-order chi connectivity index (χ1) is 3.91. The highest BCUT2D eigenvalue weighted by atomic mass is 14.8. The van der Waals surface area contributed by atoms with Crippen molar-refractivity contribution in [3.8, 4) is 6.19 Å². The molecule has 0 radical (unpaired) electrons. The van der Waals surface area contributed by atoms with E-state index in [0.29, 0.717) is 0 Å². The van der Waals surface area contributed by atoms with Crippen LogP contribution in [0.25, 0.3) is 0 Å². The van der Waals surface area contributed by atoms with Gasteiger partial charge in [0.1, 0.15) is 0 Å². The zero-order valence-corrected chi connectivity index (χ0v) is 5.02. The molecule has 0 bridgehead atoms. The third-order valence-corrected chi connectivity index (χ3v) is 0.751. The van der Waals surface area contributed by atoms with Crippen molar-refractivity contribution in [3.05, 3.63) is 12.2 Å². The van der Waals surface area contributed by atoms with Crippen LogP contribution in [0.15, 0.2) is 12.2 Å². The quantitative estimate of drug-likeness (QED) is 0.255. The van der Waals surface area contributed by atoms with E-state index in [0.717, 1.165) is 13.0 Å². The highest BCUT2D eigenvalue weighted by molar-refractivity contribution is 4.79. The van der Waals surface area contributed by atoms with Crippen LogP contribution >= 0.6 is 0 Å². The van der Waals surface area contributed by atoms with Gasteiger partial charge >= 0.3 is 0 Å². The molecule has 8 heavy (non-hydrogen) atoms. The molecule has 2 nitrogen and oxygen atoms in total. The summed E-state index contributed by atoms with van der Waals surface area (Å²) in [5.74, 6) is 0. The molecule has 0 atom stereocenters. The first-order valence-corrected chi connectivity index (χ1v) is 2.65. The fourth-order valence-corrected chi connectivity index (χ4v) is 0.378. The van der Waals surface area contributed by atoms with Gasteiger partial charge in [-0.1, -0.05) is 12.2 Å². The van der Waals surface area contributed by atoms with Crippen molar-refractivity contribution in [1.82, 2.24) is 5.32 Å². The summed E-state index contributed by atoms with van der Waals surface area (Å²) in [5, 5.41) is 10.5. The summed E-state index contributed by atoms with van der Waals surface area (Å²) in [7, 11) is 0. The smallest absolute Gasteiger partial charge is 0.176 e. The van der Waals surface area contributed by atoms with Gasteiger partial charge < -0.3 is 5.32 Å². The molecule has 0 heterocycles. The number of hydrogen-bond acceptors (Lipinski definition) is 2. The molecule has 0 saturated heterocycles. The second-order valence-electron chi connectivity index (χ2n) is 1.40. The molecular formula is C6H10N2. The monoisotopic (exact) mass is 110 g/mol. The minimum Gasteiger partial charge on any atom is -0.324 e. The van der Waals surface area contributed by atoms with E-state index in [1.165, 1.54) is 0 Å². The zero-order valence-electron chi connectivity index (χ0n) is 5.02. The van der Waals surface area contributed by atoms with Gasteiger partial charge in [-0.3, -0.25) is 0 Å². The molecule has 0 rings (SSSR count). The number of hydrogen-bond donors (Lipinski definition) is 1. The Morgan fingerprint density at radius 3 is 3.00 bits per heavy atom. The number of nitriles is 1. The second-order valence-corrected chi connectivity index (χ2v) is 1.40. The van der Waals surface area contributed by atoms with E-state index in [-0.39, 0.29) is 0 Å². The number of nitrogens with zero attached hydrogens (tertiary/aromatic N) is 1. The molecule has 0 aliphatic heterocycles. The van der Waals surface area contributed by atoms with Crippen LogP contribution in [0.3, 0.4) is 0 Å². The Morgan fingerprint density at radius 1 is 1.75 bits per heavy atom. The third kappa shape index (κ3) is 5.03.